The number of aromatic amines is 1. The number of aliphatic hydroxyl groups is 1. The second-order valence-electron chi connectivity index (χ2n) is 4.27. The zero-order valence-electron chi connectivity index (χ0n) is 10.2. The molecule has 1 aromatic carbocycles. The van der Waals surface area contributed by atoms with Gasteiger partial charge >= 0.3 is 0 Å². The lowest BCUT2D eigenvalue weighted by atomic mass is 10.1. The molecule has 1 aromatic heterocycles. The monoisotopic (exact) mass is 248 g/mol. The van der Waals surface area contributed by atoms with Crippen LogP contribution in [0.2, 0.25) is 0 Å². The first-order valence-corrected chi connectivity index (χ1v) is 5.93. The molecule has 0 aliphatic heterocycles. The maximum Gasteiger partial charge on any atom is 0.251 e. The molecular weight excluding hydrogens is 232 g/mol. The van der Waals surface area contributed by atoms with E-state index in [2.05, 4.69) is 20.7 Å². The number of carbonyl (C=O) groups excluding carboxylic acids is 1. The van der Waals surface area contributed by atoms with Gasteiger partial charge in [-0.2, -0.15) is 15.4 Å². The summed E-state index contributed by atoms with van der Waals surface area (Å²) in [5.41, 5.74) is 1.97. The summed E-state index contributed by atoms with van der Waals surface area (Å²) in [6.45, 7) is 2.06. The van der Waals surface area contributed by atoms with Gasteiger partial charge in [0.15, 0.2) is 0 Å². The zero-order chi connectivity index (χ0) is 13.0. The third kappa shape index (κ3) is 2.84. The molecule has 18 heavy (non-hydrogen) atoms. The van der Waals surface area contributed by atoms with Crippen molar-refractivity contribution in [1.29, 1.82) is 0 Å². The number of aliphatic hydroxyl groups excluding tert-OH is 1. The maximum atomic E-state index is 12.0. The molecular formula is C12H16N4O2. The average molecular weight is 248 g/mol. The zero-order valence-corrected chi connectivity index (χ0v) is 10.2. The topological polar surface area (TPSA) is 90.9 Å². The minimum atomic E-state index is -0.134. The number of benzene rings is 1. The number of fused-ring (bicyclic) bond motifs is 1. The Morgan fingerprint density at radius 3 is 3.00 bits per heavy atom. The van der Waals surface area contributed by atoms with E-state index in [1.807, 2.05) is 6.92 Å². The van der Waals surface area contributed by atoms with E-state index < -0.39 is 0 Å². The van der Waals surface area contributed by atoms with Gasteiger partial charge in [0, 0.05) is 18.2 Å². The fourth-order valence-electron chi connectivity index (χ4n) is 1.76. The predicted octanol–water partition coefficient (Wildman–Crippen LogP) is 0.849. The van der Waals surface area contributed by atoms with Gasteiger partial charge in [0.1, 0.15) is 11.0 Å². The van der Waals surface area contributed by atoms with Gasteiger partial charge in [0.25, 0.3) is 5.91 Å². The van der Waals surface area contributed by atoms with Gasteiger partial charge in [0.2, 0.25) is 0 Å². The second kappa shape index (κ2) is 5.59. The number of carbonyl (C=O) groups is 1. The Bertz CT molecular complexity index is 538. The van der Waals surface area contributed by atoms with Gasteiger partial charge in [-0.1, -0.05) is 0 Å². The van der Waals surface area contributed by atoms with Gasteiger partial charge < -0.3 is 10.4 Å². The van der Waals surface area contributed by atoms with Crippen LogP contribution in [-0.2, 0) is 0 Å². The van der Waals surface area contributed by atoms with E-state index in [1.165, 1.54) is 0 Å². The minimum Gasteiger partial charge on any atom is -0.396 e. The Hall–Kier alpha value is -1.95. The third-order valence-corrected chi connectivity index (χ3v) is 2.75. The molecule has 1 heterocycles. The minimum absolute atomic E-state index is 0.0395. The van der Waals surface area contributed by atoms with E-state index in [1.54, 1.807) is 18.2 Å². The van der Waals surface area contributed by atoms with Crippen LogP contribution in [0.1, 0.15) is 30.1 Å². The summed E-state index contributed by atoms with van der Waals surface area (Å²) >= 11 is 0. The van der Waals surface area contributed by atoms with E-state index >= 15 is 0 Å². The molecule has 6 nitrogen and oxygen atoms in total. The van der Waals surface area contributed by atoms with Gasteiger partial charge in [-0.25, -0.2) is 0 Å². The molecule has 3 N–H and O–H groups in total. The number of nitrogens with one attached hydrogen (secondary N) is 2. The fraction of sp³-hybridized carbons (Fsp3) is 0.417. The first-order chi connectivity index (χ1) is 8.70. The Morgan fingerprint density at radius 1 is 1.44 bits per heavy atom. The summed E-state index contributed by atoms with van der Waals surface area (Å²) < 4.78 is 0. The smallest absolute Gasteiger partial charge is 0.251 e. The lowest BCUT2D eigenvalue weighted by Gasteiger charge is -2.12. The fourth-order valence-corrected chi connectivity index (χ4v) is 1.76. The standard InChI is InChI=1S/C12H16N4O2/c1-8(3-2-6-17)13-12(18)9-4-5-10-11(7-9)15-16-14-10/h4-5,7-8,17H,2-3,6H2,1H3,(H,13,18)(H,14,15,16). The summed E-state index contributed by atoms with van der Waals surface area (Å²) in [5.74, 6) is -0.134. The van der Waals surface area contributed by atoms with Crippen LogP contribution < -0.4 is 5.32 Å². The van der Waals surface area contributed by atoms with Crippen molar-refractivity contribution < 1.29 is 9.90 Å². The molecule has 0 bridgehead atoms. The molecule has 1 atom stereocenters. The maximum absolute atomic E-state index is 12.0. The average Bonchev–Trinajstić information content (AvgIpc) is 2.83. The van der Waals surface area contributed by atoms with Crippen molar-refractivity contribution >= 4 is 16.9 Å². The third-order valence-electron chi connectivity index (χ3n) is 2.75. The van der Waals surface area contributed by atoms with Crippen molar-refractivity contribution in [1.82, 2.24) is 20.7 Å². The van der Waals surface area contributed by atoms with E-state index in [0.29, 0.717) is 17.5 Å². The summed E-state index contributed by atoms with van der Waals surface area (Å²) in [7, 11) is 0. The molecule has 96 valence electrons. The highest BCUT2D eigenvalue weighted by atomic mass is 16.3. The molecule has 0 saturated heterocycles. The molecule has 0 radical (unpaired) electrons. The number of hydrogen-bond acceptors (Lipinski definition) is 4. The number of nitrogens with zero attached hydrogens (tertiary/aromatic N) is 2. The lowest BCUT2D eigenvalue weighted by Crippen LogP contribution is -2.32. The largest absolute Gasteiger partial charge is 0.396 e. The van der Waals surface area contributed by atoms with Crippen molar-refractivity contribution in [2.24, 2.45) is 0 Å². The van der Waals surface area contributed by atoms with Crippen molar-refractivity contribution in [3.8, 4) is 0 Å². The predicted molar refractivity (Wildman–Crippen MR) is 67.1 cm³/mol. The Morgan fingerprint density at radius 2 is 2.22 bits per heavy atom. The van der Waals surface area contributed by atoms with E-state index in [9.17, 15) is 4.79 Å². The van der Waals surface area contributed by atoms with Gasteiger partial charge in [-0.05, 0) is 38.0 Å². The van der Waals surface area contributed by atoms with Crippen LogP contribution in [0.5, 0.6) is 0 Å². The van der Waals surface area contributed by atoms with E-state index in [0.717, 1.165) is 11.9 Å². The summed E-state index contributed by atoms with van der Waals surface area (Å²) in [6, 6.07) is 5.22. The first kappa shape index (κ1) is 12.5. The van der Waals surface area contributed by atoms with Crippen molar-refractivity contribution in [3.05, 3.63) is 23.8 Å². The Balaban J connectivity index is 2.03. The van der Waals surface area contributed by atoms with Gasteiger partial charge in [-0.3, -0.25) is 4.79 Å². The molecule has 0 aliphatic rings. The highest BCUT2D eigenvalue weighted by Crippen LogP contribution is 2.10. The Kier molecular flexibility index (Phi) is 3.88. The van der Waals surface area contributed by atoms with Crippen molar-refractivity contribution in [2.75, 3.05) is 6.61 Å². The number of rotatable bonds is 5. The van der Waals surface area contributed by atoms with E-state index in [4.69, 9.17) is 5.11 Å². The molecule has 1 unspecified atom stereocenters. The molecule has 0 aliphatic carbocycles. The van der Waals surface area contributed by atoms with Crippen LogP contribution in [0.25, 0.3) is 11.0 Å². The SMILES string of the molecule is CC(CCCO)NC(=O)c1ccc2n[nH]nc2c1. The van der Waals surface area contributed by atoms with Crippen molar-refractivity contribution in [3.63, 3.8) is 0 Å². The molecule has 0 saturated carbocycles. The molecule has 6 heteroatoms. The molecule has 2 aromatic rings. The lowest BCUT2D eigenvalue weighted by molar-refractivity contribution is 0.0936. The van der Waals surface area contributed by atoms with Crippen LogP contribution >= 0.6 is 0 Å². The number of hydrogen-bond donors (Lipinski definition) is 3. The van der Waals surface area contributed by atoms with Gasteiger partial charge in [-0.15, -0.1) is 0 Å². The molecule has 0 spiro atoms. The van der Waals surface area contributed by atoms with Crippen LogP contribution in [0, 0.1) is 0 Å². The second-order valence-corrected chi connectivity index (χ2v) is 4.27. The molecule has 0 fully saturated rings. The van der Waals surface area contributed by atoms with Crippen molar-refractivity contribution in [2.45, 2.75) is 25.8 Å². The number of H-pyrrole nitrogens is 1. The molecule has 2 rings (SSSR count). The highest BCUT2D eigenvalue weighted by molar-refractivity contribution is 5.97. The van der Waals surface area contributed by atoms with Crippen LogP contribution in [0.4, 0.5) is 0 Å². The van der Waals surface area contributed by atoms with Gasteiger partial charge in [0.05, 0.1) is 0 Å². The van der Waals surface area contributed by atoms with E-state index in [-0.39, 0.29) is 18.6 Å². The van der Waals surface area contributed by atoms with Crippen LogP contribution in [0.15, 0.2) is 18.2 Å². The van der Waals surface area contributed by atoms with Crippen LogP contribution in [0.3, 0.4) is 0 Å². The normalized spacial score (nSPS) is 12.6. The number of aromatic nitrogens is 3. The highest BCUT2D eigenvalue weighted by Gasteiger charge is 2.10. The Labute approximate surface area is 104 Å². The number of amides is 1. The summed E-state index contributed by atoms with van der Waals surface area (Å²) in [6.07, 6.45) is 1.44. The first-order valence-electron chi connectivity index (χ1n) is 5.93. The molecule has 1 amide bonds. The summed E-state index contributed by atoms with van der Waals surface area (Å²) in [5, 5.41) is 22.0. The summed E-state index contributed by atoms with van der Waals surface area (Å²) in [4.78, 5) is 12.0. The van der Waals surface area contributed by atoms with Crippen LogP contribution in [-0.4, -0.2) is 39.1 Å². The quantitative estimate of drug-likeness (QED) is 0.731.